The highest BCUT2D eigenvalue weighted by atomic mass is 35.5. The van der Waals surface area contributed by atoms with E-state index in [2.05, 4.69) is 24.8 Å². The van der Waals surface area contributed by atoms with E-state index in [1.807, 2.05) is 36.3 Å². The molecule has 0 spiro atoms. The van der Waals surface area contributed by atoms with E-state index in [-0.39, 0.29) is 5.91 Å². The van der Waals surface area contributed by atoms with Crippen molar-refractivity contribution < 1.29 is 9.32 Å². The first kappa shape index (κ1) is 16.3. The average Bonchev–Trinajstić information content (AvgIpc) is 2.56. The minimum absolute atomic E-state index is 0.0790. The molecule has 1 aliphatic rings. The second-order valence-corrected chi connectivity index (χ2v) is 16.7. The molecule has 1 amide bonds. The van der Waals surface area contributed by atoms with Gasteiger partial charge in [0, 0.05) is 16.3 Å². The van der Waals surface area contributed by atoms with Crippen molar-refractivity contribution in [1.82, 2.24) is 0 Å². The summed E-state index contributed by atoms with van der Waals surface area (Å²) in [6.07, 6.45) is 0. The normalized spacial score (nSPS) is 17.4. The Hall–Kier alpha value is -1.12. The molecule has 1 aromatic rings. The van der Waals surface area contributed by atoms with E-state index in [1.165, 1.54) is 0 Å². The number of anilines is 1. The summed E-state index contributed by atoms with van der Waals surface area (Å²) in [6, 6.07) is 5.50. The fraction of sp³-hybridized carbons (Fsp3) is 0.429. The molecular weight excluding hydrogens is 320 g/mol. The van der Waals surface area contributed by atoms with Gasteiger partial charge in [0.2, 0.25) is 0 Å². The van der Waals surface area contributed by atoms with Crippen LogP contribution in [-0.2, 0) is 9.32 Å². The number of amides is 1. The van der Waals surface area contributed by atoms with Crippen LogP contribution < -0.4 is 4.57 Å². The zero-order valence-corrected chi connectivity index (χ0v) is 16.1. The van der Waals surface area contributed by atoms with E-state index in [1.54, 1.807) is 6.07 Å². The van der Waals surface area contributed by atoms with Crippen molar-refractivity contribution in [3.05, 3.63) is 28.8 Å². The van der Waals surface area contributed by atoms with E-state index in [0.29, 0.717) is 10.7 Å². The summed E-state index contributed by atoms with van der Waals surface area (Å²) in [5.41, 5.74) is 2.03. The quantitative estimate of drug-likeness (QED) is 0.614. The smallest absolute Gasteiger partial charge is 0.278 e. The molecule has 0 fully saturated rings. The minimum Gasteiger partial charge on any atom is -0.455 e. The summed E-state index contributed by atoms with van der Waals surface area (Å²) in [7, 11) is -3.69. The molecule has 0 saturated heterocycles. The Morgan fingerprint density at radius 3 is 2.29 bits per heavy atom. The fourth-order valence-corrected chi connectivity index (χ4v) is 4.33. The van der Waals surface area contributed by atoms with Gasteiger partial charge < -0.3 is 9.09 Å². The summed E-state index contributed by atoms with van der Waals surface area (Å²) in [4.78, 5) is 12.8. The molecule has 0 unspecified atom stereocenters. The lowest BCUT2D eigenvalue weighted by atomic mass is 10.1. The Bertz CT molecular complexity index is 618. The van der Waals surface area contributed by atoms with Gasteiger partial charge in [0.15, 0.2) is 13.9 Å². The zero-order chi connectivity index (χ0) is 16.0. The maximum absolute atomic E-state index is 12.8. The van der Waals surface area contributed by atoms with Crippen molar-refractivity contribution in [1.29, 1.82) is 0 Å². The number of fused-ring (bicyclic) bond motifs is 1. The number of hydrogen-bond donors (Lipinski definition) is 0. The first-order valence-electron chi connectivity index (χ1n) is 6.91. The van der Waals surface area contributed by atoms with Crippen LogP contribution in [0.1, 0.15) is 5.56 Å². The molecule has 4 nitrogen and oxygen atoms in total. The van der Waals surface area contributed by atoms with Crippen molar-refractivity contribution >= 4 is 45.5 Å². The van der Waals surface area contributed by atoms with Gasteiger partial charge in [-0.25, -0.2) is 0 Å². The summed E-state index contributed by atoms with van der Waals surface area (Å²) in [6.45, 7) is 12.5. The Morgan fingerprint density at radius 1 is 1.14 bits per heavy atom. The lowest BCUT2D eigenvalue weighted by Crippen LogP contribution is -2.49. The summed E-state index contributed by atoms with van der Waals surface area (Å²) in [5, 5.41) is 4.77. The monoisotopic (exact) mass is 340 g/mol. The molecule has 1 aromatic carbocycles. The number of hydrogen-bond acceptors (Lipinski definition) is 3. The second kappa shape index (κ2) is 5.26. The van der Waals surface area contributed by atoms with Gasteiger partial charge in [0.25, 0.3) is 14.2 Å². The van der Waals surface area contributed by atoms with Crippen LogP contribution in [0.3, 0.4) is 0 Å². The summed E-state index contributed by atoms with van der Waals surface area (Å²) in [5.74, 6) is -0.0790. The molecule has 2 rings (SSSR count). The molecule has 1 aliphatic heterocycles. The van der Waals surface area contributed by atoms with E-state index < -0.39 is 16.6 Å². The van der Waals surface area contributed by atoms with Gasteiger partial charge in [0.05, 0.1) is 0 Å². The second-order valence-electron chi connectivity index (χ2n) is 7.12. The van der Waals surface area contributed by atoms with Gasteiger partial charge in [-0.1, -0.05) is 36.4 Å². The molecule has 0 atom stereocenters. The number of benzene rings is 1. The molecule has 114 valence electrons. The molecule has 7 heteroatoms. The molecule has 0 aliphatic carbocycles. The molecule has 0 N–H and O–H groups in total. The maximum Gasteiger partial charge on any atom is 0.278 e. The third-order valence-electron chi connectivity index (χ3n) is 2.94. The SMILES string of the molecule is C[Si](C)(C)O/N=C1\C(=O)N([Si](C)(C)C)c2ccc(Cl)cc21. The number of carbonyl (C=O) groups is 1. The molecule has 1 heterocycles. The molecular formula is C14H21ClN2O2Si2. The number of nitrogens with zero attached hydrogens (tertiary/aromatic N) is 2. The van der Waals surface area contributed by atoms with Crippen LogP contribution in [-0.4, -0.2) is 28.2 Å². The fourth-order valence-electron chi connectivity index (χ4n) is 2.16. The van der Waals surface area contributed by atoms with Crippen molar-refractivity contribution in [2.24, 2.45) is 5.16 Å². The molecule has 0 bridgehead atoms. The zero-order valence-electron chi connectivity index (χ0n) is 13.3. The van der Waals surface area contributed by atoms with Crippen LogP contribution in [0.25, 0.3) is 0 Å². The lowest BCUT2D eigenvalue weighted by molar-refractivity contribution is -0.111. The molecule has 0 radical (unpaired) electrons. The Kier molecular flexibility index (Phi) is 4.07. The van der Waals surface area contributed by atoms with E-state index in [4.69, 9.17) is 16.1 Å². The Labute approximate surface area is 132 Å². The van der Waals surface area contributed by atoms with Crippen molar-refractivity contribution in [3.63, 3.8) is 0 Å². The van der Waals surface area contributed by atoms with E-state index >= 15 is 0 Å². The van der Waals surface area contributed by atoms with Gasteiger partial charge in [-0.05, 0) is 37.8 Å². The van der Waals surface area contributed by atoms with Gasteiger partial charge in [0.1, 0.15) is 0 Å². The first-order valence-corrected chi connectivity index (χ1v) is 14.1. The summed E-state index contributed by atoms with van der Waals surface area (Å²) >= 11 is 6.08. The predicted molar refractivity (Wildman–Crippen MR) is 93.3 cm³/mol. The summed E-state index contributed by atoms with van der Waals surface area (Å²) < 4.78 is 7.47. The van der Waals surface area contributed by atoms with Crippen LogP contribution in [0.2, 0.25) is 44.3 Å². The molecule has 21 heavy (non-hydrogen) atoms. The van der Waals surface area contributed by atoms with Crippen LogP contribution in [0.15, 0.2) is 23.4 Å². The Morgan fingerprint density at radius 2 is 1.76 bits per heavy atom. The third-order valence-corrected chi connectivity index (χ3v) is 5.60. The molecule has 0 aromatic heterocycles. The first-order chi connectivity index (χ1) is 9.50. The number of halogens is 1. The maximum atomic E-state index is 12.8. The van der Waals surface area contributed by atoms with Crippen molar-refractivity contribution in [3.8, 4) is 0 Å². The van der Waals surface area contributed by atoms with Gasteiger partial charge >= 0.3 is 0 Å². The topological polar surface area (TPSA) is 41.9 Å². The van der Waals surface area contributed by atoms with Crippen LogP contribution >= 0.6 is 11.6 Å². The number of carbonyl (C=O) groups excluding carboxylic acids is 1. The van der Waals surface area contributed by atoms with Crippen molar-refractivity contribution in [2.45, 2.75) is 39.3 Å². The largest absolute Gasteiger partial charge is 0.455 e. The average molecular weight is 341 g/mol. The minimum atomic E-state index is -1.86. The van der Waals surface area contributed by atoms with E-state index in [0.717, 1.165) is 11.3 Å². The lowest BCUT2D eigenvalue weighted by Gasteiger charge is -2.30. The van der Waals surface area contributed by atoms with E-state index in [9.17, 15) is 4.79 Å². The number of rotatable bonds is 3. The predicted octanol–water partition coefficient (Wildman–Crippen LogP) is 4.08. The highest BCUT2D eigenvalue weighted by molar-refractivity contribution is 6.87. The van der Waals surface area contributed by atoms with Crippen LogP contribution in [0.5, 0.6) is 0 Å². The highest BCUT2D eigenvalue weighted by Gasteiger charge is 2.41. The van der Waals surface area contributed by atoms with Gasteiger partial charge in [-0.3, -0.25) is 4.79 Å². The van der Waals surface area contributed by atoms with Crippen LogP contribution in [0.4, 0.5) is 5.69 Å². The third kappa shape index (κ3) is 3.38. The van der Waals surface area contributed by atoms with Gasteiger partial charge in [-0.15, -0.1) is 0 Å². The number of oxime groups is 1. The molecule has 0 saturated carbocycles. The Balaban J connectivity index is 2.55. The van der Waals surface area contributed by atoms with Crippen molar-refractivity contribution in [2.75, 3.05) is 4.57 Å². The highest BCUT2D eigenvalue weighted by Crippen LogP contribution is 2.35. The van der Waals surface area contributed by atoms with Gasteiger partial charge in [-0.2, -0.15) is 0 Å². The standard InChI is InChI=1S/C14H21ClN2O2Si2/c1-20(2,3)17-12-8-7-10(15)9-11(12)13(14(17)18)16-19-21(4,5)6/h7-9H,1-6H3/b16-13-. The van der Waals surface area contributed by atoms with Crippen LogP contribution in [0, 0.1) is 0 Å².